The lowest BCUT2D eigenvalue weighted by atomic mass is 9.99. The fraction of sp³-hybridized carbons (Fsp3) is 0.667. The van der Waals surface area contributed by atoms with Crippen molar-refractivity contribution in [3.8, 4) is 0 Å². The van der Waals surface area contributed by atoms with Gasteiger partial charge in [0.15, 0.2) is 9.84 Å². The maximum atomic E-state index is 12.9. The SMILES string of the molecule is CCC(C)c1ccc(S(=O)(=O)N2CCN(C3CS(=O)(=O)CC3O)CC2)cc1. The first-order valence-electron chi connectivity index (χ1n) is 9.36. The van der Waals surface area contributed by atoms with Crippen LogP contribution in [0.4, 0.5) is 0 Å². The lowest BCUT2D eigenvalue weighted by molar-refractivity contribution is 0.0618. The highest BCUT2D eigenvalue weighted by Crippen LogP contribution is 2.25. The number of piperazine rings is 1. The molecule has 9 heteroatoms. The first-order valence-corrected chi connectivity index (χ1v) is 12.6. The molecule has 3 atom stereocenters. The molecular weight excluding hydrogens is 388 g/mol. The van der Waals surface area contributed by atoms with Crippen molar-refractivity contribution in [1.29, 1.82) is 0 Å². The molecule has 2 aliphatic rings. The van der Waals surface area contributed by atoms with Gasteiger partial charge in [0.2, 0.25) is 10.0 Å². The van der Waals surface area contributed by atoms with Crippen molar-refractivity contribution in [3.05, 3.63) is 29.8 Å². The van der Waals surface area contributed by atoms with E-state index in [1.165, 1.54) is 4.31 Å². The average Bonchev–Trinajstić information content (AvgIpc) is 2.93. The zero-order valence-electron chi connectivity index (χ0n) is 15.8. The van der Waals surface area contributed by atoms with Crippen LogP contribution in [-0.4, -0.2) is 81.0 Å². The topological polar surface area (TPSA) is 95.0 Å². The second kappa shape index (κ2) is 7.79. The van der Waals surface area contributed by atoms with E-state index in [2.05, 4.69) is 13.8 Å². The third-order valence-electron chi connectivity index (χ3n) is 5.74. The molecular formula is C18H28N2O5S2. The van der Waals surface area contributed by atoms with Crippen LogP contribution in [0.2, 0.25) is 0 Å². The summed E-state index contributed by atoms with van der Waals surface area (Å²) >= 11 is 0. The Morgan fingerprint density at radius 3 is 2.19 bits per heavy atom. The lowest BCUT2D eigenvalue weighted by Gasteiger charge is -2.37. The van der Waals surface area contributed by atoms with Crippen molar-refractivity contribution in [2.24, 2.45) is 0 Å². The third-order valence-corrected chi connectivity index (χ3v) is 9.35. The number of aliphatic hydroxyl groups is 1. The summed E-state index contributed by atoms with van der Waals surface area (Å²) in [5.41, 5.74) is 1.12. The van der Waals surface area contributed by atoms with Crippen LogP contribution in [-0.2, 0) is 19.9 Å². The van der Waals surface area contributed by atoms with E-state index in [0.29, 0.717) is 32.1 Å². The molecule has 0 aromatic heterocycles. The lowest BCUT2D eigenvalue weighted by Crippen LogP contribution is -2.54. The Kier molecular flexibility index (Phi) is 5.98. The molecule has 0 amide bonds. The van der Waals surface area contributed by atoms with Gasteiger partial charge in [-0.05, 0) is 30.0 Å². The molecule has 2 fully saturated rings. The van der Waals surface area contributed by atoms with Crippen LogP contribution in [0.1, 0.15) is 31.7 Å². The smallest absolute Gasteiger partial charge is 0.243 e. The van der Waals surface area contributed by atoms with Crippen LogP contribution in [0.15, 0.2) is 29.2 Å². The largest absolute Gasteiger partial charge is 0.390 e. The maximum Gasteiger partial charge on any atom is 0.243 e. The van der Waals surface area contributed by atoms with E-state index in [1.807, 2.05) is 17.0 Å². The average molecular weight is 417 g/mol. The minimum absolute atomic E-state index is 0.0575. The normalized spacial score (nSPS) is 28.3. The van der Waals surface area contributed by atoms with Gasteiger partial charge in [0.05, 0.1) is 28.5 Å². The molecule has 1 N–H and O–H groups in total. The van der Waals surface area contributed by atoms with Crippen molar-refractivity contribution in [2.75, 3.05) is 37.7 Å². The Morgan fingerprint density at radius 1 is 1.11 bits per heavy atom. The van der Waals surface area contributed by atoms with E-state index >= 15 is 0 Å². The Balaban J connectivity index is 1.66. The van der Waals surface area contributed by atoms with E-state index < -0.39 is 32.0 Å². The number of nitrogens with zero attached hydrogens (tertiary/aromatic N) is 2. The number of hydrogen-bond acceptors (Lipinski definition) is 6. The second-order valence-electron chi connectivity index (χ2n) is 7.53. The second-order valence-corrected chi connectivity index (χ2v) is 11.6. The van der Waals surface area contributed by atoms with Crippen molar-refractivity contribution in [2.45, 2.75) is 43.2 Å². The van der Waals surface area contributed by atoms with Crippen molar-refractivity contribution in [1.82, 2.24) is 9.21 Å². The van der Waals surface area contributed by atoms with E-state index in [0.717, 1.165) is 12.0 Å². The third kappa shape index (κ3) is 4.37. The highest BCUT2D eigenvalue weighted by molar-refractivity contribution is 7.91. The molecule has 3 unspecified atom stereocenters. The van der Waals surface area contributed by atoms with Crippen LogP contribution in [0.25, 0.3) is 0 Å². The summed E-state index contributed by atoms with van der Waals surface area (Å²) in [6.07, 6.45) is 0.0998. The summed E-state index contributed by atoms with van der Waals surface area (Å²) in [6.45, 7) is 5.63. The molecule has 2 saturated heterocycles. The van der Waals surface area contributed by atoms with Gasteiger partial charge in [0.25, 0.3) is 0 Å². The molecule has 152 valence electrons. The van der Waals surface area contributed by atoms with Gasteiger partial charge in [0.1, 0.15) is 0 Å². The van der Waals surface area contributed by atoms with Crippen molar-refractivity contribution >= 4 is 19.9 Å². The fourth-order valence-electron chi connectivity index (χ4n) is 3.79. The number of benzene rings is 1. The highest BCUT2D eigenvalue weighted by Gasteiger charge is 2.41. The first-order chi connectivity index (χ1) is 12.6. The quantitative estimate of drug-likeness (QED) is 0.758. The van der Waals surface area contributed by atoms with E-state index in [-0.39, 0.29) is 16.4 Å². The Morgan fingerprint density at radius 2 is 1.70 bits per heavy atom. The minimum atomic E-state index is -3.57. The molecule has 1 aromatic carbocycles. The molecule has 1 aromatic rings. The molecule has 0 spiro atoms. The molecule has 2 heterocycles. The summed E-state index contributed by atoms with van der Waals surface area (Å²) in [7, 11) is -6.78. The number of sulfonamides is 1. The molecule has 7 nitrogen and oxygen atoms in total. The van der Waals surface area contributed by atoms with Crippen molar-refractivity contribution < 1.29 is 21.9 Å². The number of rotatable bonds is 5. The van der Waals surface area contributed by atoms with Gasteiger partial charge in [-0.15, -0.1) is 0 Å². The Bertz CT molecular complexity index is 860. The van der Waals surface area contributed by atoms with Crippen LogP contribution < -0.4 is 0 Å². The maximum absolute atomic E-state index is 12.9. The summed E-state index contributed by atoms with van der Waals surface area (Å²) in [5, 5.41) is 10.0. The molecule has 27 heavy (non-hydrogen) atoms. The van der Waals surface area contributed by atoms with Gasteiger partial charge in [-0.25, -0.2) is 16.8 Å². The summed E-state index contributed by atoms with van der Waals surface area (Å²) in [5.74, 6) is 0.121. The first kappa shape index (κ1) is 20.7. The molecule has 2 aliphatic heterocycles. The number of hydrogen-bond donors (Lipinski definition) is 1. The molecule has 0 saturated carbocycles. The molecule has 3 rings (SSSR count). The molecule has 0 bridgehead atoms. The zero-order valence-corrected chi connectivity index (χ0v) is 17.4. The van der Waals surface area contributed by atoms with Crippen molar-refractivity contribution in [3.63, 3.8) is 0 Å². The summed E-state index contributed by atoms with van der Waals surface area (Å²) < 4.78 is 50.6. The summed E-state index contributed by atoms with van der Waals surface area (Å²) in [4.78, 5) is 2.18. The van der Waals surface area contributed by atoms with E-state index in [1.54, 1.807) is 12.1 Å². The van der Waals surface area contributed by atoms with Crippen LogP contribution in [0, 0.1) is 0 Å². The van der Waals surface area contributed by atoms with Crippen LogP contribution in [0.5, 0.6) is 0 Å². The standard InChI is InChI=1S/C18H28N2O5S2/c1-3-14(2)15-4-6-16(7-5-15)27(24,25)20-10-8-19(9-11-20)17-12-26(22,23)13-18(17)21/h4-7,14,17-18,21H,3,8-13H2,1-2H3. The highest BCUT2D eigenvalue weighted by atomic mass is 32.2. The molecule has 0 radical (unpaired) electrons. The number of aliphatic hydroxyl groups excluding tert-OH is 1. The van der Waals surface area contributed by atoms with Gasteiger partial charge in [0, 0.05) is 26.2 Å². The number of sulfone groups is 1. The van der Waals surface area contributed by atoms with Gasteiger partial charge >= 0.3 is 0 Å². The van der Waals surface area contributed by atoms with Crippen LogP contribution >= 0.6 is 0 Å². The van der Waals surface area contributed by atoms with Gasteiger partial charge in [-0.1, -0.05) is 26.0 Å². The van der Waals surface area contributed by atoms with Gasteiger partial charge in [-0.3, -0.25) is 4.90 Å². The fourth-order valence-corrected chi connectivity index (χ4v) is 7.04. The predicted octanol–water partition coefficient (Wildman–Crippen LogP) is 0.664. The van der Waals surface area contributed by atoms with Gasteiger partial charge in [-0.2, -0.15) is 4.31 Å². The summed E-state index contributed by atoms with van der Waals surface area (Å²) in [6, 6.07) is 6.64. The Labute approximate surface area is 161 Å². The Hall–Kier alpha value is -1.00. The van der Waals surface area contributed by atoms with E-state index in [4.69, 9.17) is 0 Å². The zero-order chi connectivity index (χ0) is 19.8. The van der Waals surface area contributed by atoms with Crippen LogP contribution in [0.3, 0.4) is 0 Å². The predicted molar refractivity (Wildman–Crippen MR) is 104 cm³/mol. The minimum Gasteiger partial charge on any atom is -0.390 e. The van der Waals surface area contributed by atoms with Gasteiger partial charge < -0.3 is 5.11 Å². The van der Waals surface area contributed by atoms with E-state index in [9.17, 15) is 21.9 Å². The molecule has 0 aliphatic carbocycles. The monoisotopic (exact) mass is 416 g/mol.